The molecule has 0 saturated carbocycles. The van der Waals surface area contributed by atoms with Crippen LogP contribution in [0.5, 0.6) is 0 Å². The van der Waals surface area contributed by atoms with Gasteiger partial charge in [-0.05, 0) is 12.2 Å². The summed E-state index contributed by atoms with van der Waals surface area (Å²) in [5, 5.41) is 0. The van der Waals surface area contributed by atoms with Crippen LogP contribution in [0.15, 0.2) is 40.4 Å². The van der Waals surface area contributed by atoms with Crippen molar-refractivity contribution in [3.63, 3.8) is 0 Å². The van der Waals surface area contributed by atoms with Gasteiger partial charge in [0, 0.05) is 31.0 Å². The first-order chi connectivity index (χ1) is 9.28. The third-order valence-electron chi connectivity index (χ3n) is 3.67. The zero-order chi connectivity index (χ0) is 13.2. The van der Waals surface area contributed by atoms with Crippen molar-refractivity contribution in [1.29, 1.82) is 0 Å². The molecule has 0 N–H and O–H groups in total. The average Bonchev–Trinajstić information content (AvgIpc) is 2.47. The smallest absolute Gasteiger partial charge is 0.218 e. The second-order valence-electron chi connectivity index (χ2n) is 4.80. The van der Waals surface area contributed by atoms with Crippen molar-refractivity contribution < 1.29 is 13.9 Å². The number of aliphatic imine (C=N–C) groups is 1. The molecule has 2 aliphatic heterocycles. The highest BCUT2D eigenvalue weighted by molar-refractivity contribution is 5.95. The van der Waals surface area contributed by atoms with Gasteiger partial charge in [-0.15, -0.1) is 0 Å². The van der Waals surface area contributed by atoms with Crippen LogP contribution in [0.3, 0.4) is 0 Å². The lowest BCUT2D eigenvalue weighted by Crippen LogP contribution is -2.36. The summed E-state index contributed by atoms with van der Waals surface area (Å²) in [7, 11) is 1.64. The number of rotatable bonds is 2. The van der Waals surface area contributed by atoms with Crippen molar-refractivity contribution in [2.45, 2.75) is 6.42 Å². The topological polar surface area (TPSA) is 34.1 Å². The second kappa shape index (κ2) is 5.17. The molecule has 2 heterocycles. The lowest BCUT2D eigenvalue weighted by atomic mass is 9.88. The van der Waals surface area contributed by atoms with Crippen LogP contribution < -0.4 is 0 Å². The van der Waals surface area contributed by atoms with Gasteiger partial charge in [-0.3, -0.25) is 0 Å². The lowest BCUT2D eigenvalue weighted by molar-refractivity contribution is 0.0526. The number of morpholine rings is 1. The summed E-state index contributed by atoms with van der Waals surface area (Å²) in [4.78, 5) is 6.16. The van der Waals surface area contributed by atoms with E-state index in [9.17, 15) is 4.39 Å². The standard InChI is InChI=1S/C14H17FN2O2/c1-18-11-2-3-12-10(8-11)9-13(16-14(12)15)17-4-6-19-7-5-17/h2-3,9-10H,4-8H2,1H3. The highest BCUT2D eigenvalue weighted by Gasteiger charge is 2.28. The van der Waals surface area contributed by atoms with E-state index in [-0.39, 0.29) is 11.9 Å². The van der Waals surface area contributed by atoms with Crippen LogP contribution >= 0.6 is 0 Å². The van der Waals surface area contributed by atoms with Crippen molar-refractivity contribution in [1.82, 2.24) is 4.90 Å². The normalized spacial score (nSPS) is 26.8. The van der Waals surface area contributed by atoms with E-state index in [2.05, 4.69) is 9.89 Å². The SMILES string of the molecule is COC1=CC=C2C(F)=NC(N3CCOCC3)=CC2C1. The number of methoxy groups -OCH3 is 1. The fourth-order valence-corrected chi connectivity index (χ4v) is 2.57. The van der Waals surface area contributed by atoms with E-state index >= 15 is 0 Å². The fraction of sp³-hybridized carbons (Fsp3) is 0.500. The quantitative estimate of drug-likeness (QED) is 0.765. The van der Waals surface area contributed by atoms with Crippen LogP contribution in [0.1, 0.15) is 6.42 Å². The minimum atomic E-state index is -0.375. The zero-order valence-corrected chi connectivity index (χ0v) is 10.9. The van der Waals surface area contributed by atoms with Crippen LogP contribution in [0.25, 0.3) is 0 Å². The Labute approximate surface area is 111 Å². The van der Waals surface area contributed by atoms with Crippen molar-refractivity contribution in [3.05, 3.63) is 35.4 Å². The maximum absolute atomic E-state index is 14.1. The molecule has 3 rings (SSSR count). The predicted molar refractivity (Wildman–Crippen MR) is 70.3 cm³/mol. The van der Waals surface area contributed by atoms with Crippen molar-refractivity contribution >= 4 is 5.97 Å². The number of hydrogen-bond donors (Lipinski definition) is 0. The van der Waals surface area contributed by atoms with Gasteiger partial charge >= 0.3 is 0 Å². The first kappa shape index (κ1) is 12.4. The van der Waals surface area contributed by atoms with E-state index in [0.717, 1.165) is 24.7 Å². The maximum atomic E-state index is 14.1. The summed E-state index contributed by atoms with van der Waals surface area (Å²) in [6.45, 7) is 2.87. The summed E-state index contributed by atoms with van der Waals surface area (Å²) in [5.74, 6) is 1.25. The number of halogens is 1. The molecule has 0 radical (unpaired) electrons. The molecular weight excluding hydrogens is 247 g/mol. The average molecular weight is 264 g/mol. The molecule has 3 aliphatic rings. The van der Waals surface area contributed by atoms with Crippen LogP contribution in [0.2, 0.25) is 0 Å². The summed E-state index contributed by atoms with van der Waals surface area (Å²) < 4.78 is 24.6. The minimum Gasteiger partial charge on any atom is -0.501 e. The summed E-state index contributed by atoms with van der Waals surface area (Å²) in [5.41, 5.74) is 0.651. The minimum absolute atomic E-state index is 0.0234. The molecule has 1 aliphatic carbocycles. The molecule has 1 unspecified atom stereocenters. The Kier molecular flexibility index (Phi) is 3.38. The lowest BCUT2D eigenvalue weighted by Gasteiger charge is -2.32. The molecule has 0 spiro atoms. The Morgan fingerprint density at radius 3 is 2.89 bits per heavy atom. The molecule has 4 nitrogen and oxygen atoms in total. The Morgan fingerprint density at radius 1 is 1.37 bits per heavy atom. The monoisotopic (exact) mass is 264 g/mol. The second-order valence-corrected chi connectivity index (χ2v) is 4.80. The van der Waals surface area contributed by atoms with E-state index in [0.29, 0.717) is 25.2 Å². The number of nitrogens with zero attached hydrogens (tertiary/aromatic N) is 2. The van der Waals surface area contributed by atoms with E-state index in [1.165, 1.54) is 0 Å². The molecule has 0 aromatic carbocycles. The molecular formula is C14H17FN2O2. The largest absolute Gasteiger partial charge is 0.501 e. The highest BCUT2D eigenvalue weighted by Crippen LogP contribution is 2.33. The molecule has 1 fully saturated rings. The molecule has 0 bridgehead atoms. The molecule has 0 aromatic rings. The molecule has 0 amide bonds. The first-order valence-electron chi connectivity index (χ1n) is 6.52. The van der Waals surface area contributed by atoms with Crippen molar-refractivity contribution in [2.75, 3.05) is 33.4 Å². The Hall–Kier alpha value is -1.62. The van der Waals surface area contributed by atoms with Crippen LogP contribution in [-0.4, -0.2) is 44.3 Å². The molecule has 1 saturated heterocycles. The van der Waals surface area contributed by atoms with Crippen molar-refractivity contribution in [2.24, 2.45) is 10.9 Å². The Balaban J connectivity index is 1.84. The predicted octanol–water partition coefficient (Wildman–Crippen LogP) is 2.02. The molecule has 1 atom stereocenters. The van der Waals surface area contributed by atoms with Gasteiger partial charge < -0.3 is 14.4 Å². The third kappa shape index (κ3) is 2.42. The zero-order valence-electron chi connectivity index (χ0n) is 10.9. The molecule has 102 valence electrons. The summed E-state index contributed by atoms with van der Waals surface area (Å²) in [6, 6.07) is 0. The van der Waals surface area contributed by atoms with Gasteiger partial charge in [0.1, 0.15) is 5.82 Å². The van der Waals surface area contributed by atoms with Crippen LogP contribution in [-0.2, 0) is 9.47 Å². The number of hydrogen-bond acceptors (Lipinski definition) is 4. The van der Waals surface area contributed by atoms with Gasteiger partial charge in [-0.25, -0.2) is 4.99 Å². The van der Waals surface area contributed by atoms with E-state index in [1.807, 2.05) is 12.2 Å². The summed E-state index contributed by atoms with van der Waals surface area (Å²) >= 11 is 0. The van der Waals surface area contributed by atoms with E-state index < -0.39 is 0 Å². The van der Waals surface area contributed by atoms with E-state index in [1.54, 1.807) is 13.2 Å². The maximum Gasteiger partial charge on any atom is 0.218 e. The molecule has 0 aromatic heterocycles. The fourth-order valence-electron chi connectivity index (χ4n) is 2.57. The van der Waals surface area contributed by atoms with Gasteiger partial charge in [0.25, 0.3) is 0 Å². The Bertz CT molecular complexity index is 488. The van der Waals surface area contributed by atoms with Crippen LogP contribution in [0.4, 0.5) is 4.39 Å². The van der Waals surface area contributed by atoms with Gasteiger partial charge in [-0.1, -0.05) is 6.08 Å². The number of ether oxygens (including phenoxy) is 2. The Morgan fingerprint density at radius 2 is 2.16 bits per heavy atom. The number of fused-ring (bicyclic) bond motifs is 1. The molecule has 19 heavy (non-hydrogen) atoms. The van der Waals surface area contributed by atoms with Gasteiger partial charge in [0.05, 0.1) is 26.1 Å². The van der Waals surface area contributed by atoms with Gasteiger partial charge in [0.15, 0.2) is 0 Å². The van der Waals surface area contributed by atoms with Gasteiger partial charge in [0.2, 0.25) is 5.97 Å². The third-order valence-corrected chi connectivity index (χ3v) is 3.67. The van der Waals surface area contributed by atoms with Gasteiger partial charge in [-0.2, -0.15) is 4.39 Å². The van der Waals surface area contributed by atoms with Crippen molar-refractivity contribution in [3.8, 4) is 0 Å². The number of allylic oxidation sites excluding steroid dienone is 5. The summed E-state index contributed by atoms with van der Waals surface area (Å²) in [6.07, 6.45) is 6.30. The molecule has 5 heteroatoms. The highest BCUT2D eigenvalue weighted by atomic mass is 19.1. The van der Waals surface area contributed by atoms with Crippen LogP contribution in [0, 0.1) is 5.92 Å². The first-order valence-corrected chi connectivity index (χ1v) is 6.52. The van der Waals surface area contributed by atoms with E-state index in [4.69, 9.17) is 9.47 Å².